The number of hydrogen-bond acceptors (Lipinski definition) is 0. The molecule has 26 heavy (non-hydrogen) atoms. The average Bonchev–Trinajstić information content (AvgIpc) is 2.72. The number of unbranched alkanes of at least 4 members (excludes halogenated alkanes) is 1. The van der Waals surface area contributed by atoms with E-state index < -0.39 is 0 Å². The van der Waals surface area contributed by atoms with Crippen LogP contribution in [0.25, 0.3) is 33.0 Å². The van der Waals surface area contributed by atoms with E-state index in [1.807, 2.05) is 0 Å². The second-order valence-corrected chi connectivity index (χ2v) is 6.65. The molecular formula is C26H23. The van der Waals surface area contributed by atoms with Crippen LogP contribution in [0.4, 0.5) is 0 Å². The highest BCUT2D eigenvalue weighted by atomic mass is 14.2. The van der Waals surface area contributed by atoms with Crippen LogP contribution in [0.3, 0.4) is 0 Å². The SMILES string of the molecule is CCC[CH]c1c(-c2ccccc2-c2ccccc2)ccc2ccccc12. The third-order valence-electron chi connectivity index (χ3n) is 4.91. The molecule has 0 spiro atoms. The van der Waals surface area contributed by atoms with Gasteiger partial charge in [-0.05, 0) is 51.4 Å². The molecule has 0 aliphatic rings. The molecule has 0 saturated heterocycles. The molecule has 0 atom stereocenters. The van der Waals surface area contributed by atoms with Crippen molar-refractivity contribution in [2.75, 3.05) is 0 Å². The lowest BCUT2D eigenvalue weighted by Crippen LogP contribution is -1.93. The molecule has 4 aromatic carbocycles. The van der Waals surface area contributed by atoms with Crippen molar-refractivity contribution in [3.63, 3.8) is 0 Å². The predicted molar refractivity (Wildman–Crippen MR) is 113 cm³/mol. The lowest BCUT2D eigenvalue weighted by Gasteiger charge is -2.16. The van der Waals surface area contributed by atoms with Gasteiger partial charge in [-0.25, -0.2) is 0 Å². The summed E-state index contributed by atoms with van der Waals surface area (Å²) in [5.74, 6) is 0. The minimum absolute atomic E-state index is 1.09. The van der Waals surface area contributed by atoms with Gasteiger partial charge < -0.3 is 0 Å². The normalized spacial score (nSPS) is 11.0. The fourth-order valence-electron chi connectivity index (χ4n) is 3.63. The molecule has 1 radical (unpaired) electrons. The summed E-state index contributed by atoms with van der Waals surface area (Å²) in [6, 6.07) is 32.6. The van der Waals surface area contributed by atoms with Crippen molar-refractivity contribution in [2.45, 2.75) is 19.8 Å². The first-order chi connectivity index (χ1) is 12.9. The van der Waals surface area contributed by atoms with Gasteiger partial charge in [0.1, 0.15) is 0 Å². The summed E-state index contributed by atoms with van der Waals surface area (Å²) in [7, 11) is 0. The number of rotatable bonds is 5. The molecule has 0 aliphatic carbocycles. The van der Waals surface area contributed by atoms with Crippen LogP contribution in [0, 0.1) is 6.42 Å². The van der Waals surface area contributed by atoms with E-state index in [4.69, 9.17) is 0 Å². The fourth-order valence-corrected chi connectivity index (χ4v) is 3.63. The molecule has 0 saturated carbocycles. The highest BCUT2D eigenvalue weighted by molar-refractivity contribution is 5.96. The zero-order chi connectivity index (χ0) is 17.8. The third-order valence-corrected chi connectivity index (χ3v) is 4.91. The zero-order valence-electron chi connectivity index (χ0n) is 15.2. The number of hydrogen-bond donors (Lipinski definition) is 0. The quantitative estimate of drug-likeness (QED) is 0.353. The zero-order valence-corrected chi connectivity index (χ0v) is 15.2. The Labute approximate surface area is 156 Å². The maximum absolute atomic E-state index is 2.40. The first kappa shape index (κ1) is 16.6. The van der Waals surface area contributed by atoms with Crippen molar-refractivity contribution in [3.8, 4) is 22.3 Å². The van der Waals surface area contributed by atoms with Crippen molar-refractivity contribution in [3.05, 3.63) is 103 Å². The molecule has 0 unspecified atom stereocenters. The van der Waals surface area contributed by atoms with Crippen molar-refractivity contribution >= 4 is 10.8 Å². The largest absolute Gasteiger partial charge is 0.0654 e. The van der Waals surface area contributed by atoms with Crippen LogP contribution in [0.15, 0.2) is 91.0 Å². The Morgan fingerprint density at radius 2 is 1.31 bits per heavy atom. The summed E-state index contributed by atoms with van der Waals surface area (Å²) in [6.45, 7) is 2.24. The molecule has 0 heterocycles. The summed E-state index contributed by atoms with van der Waals surface area (Å²) in [5.41, 5.74) is 6.52. The standard InChI is InChI=1S/C26H23/c1-2-3-14-24-23-15-8-7-13-21(23)18-19-26(24)25-17-10-9-16-22(25)20-11-5-4-6-12-20/h4-19H,2-3H2,1H3. The lowest BCUT2D eigenvalue weighted by atomic mass is 9.87. The van der Waals surface area contributed by atoms with Gasteiger partial charge in [0.25, 0.3) is 0 Å². The van der Waals surface area contributed by atoms with Crippen molar-refractivity contribution in [1.29, 1.82) is 0 Å². The molecule has 0 bridgehead atoms. The summed E-state index contributed by atoms with van der Waals surface area (Å²) in [5, 5.41) is 2.64. The molecule has 127 valence electrons. The Morgan fingerprint density at radius 1 is 0.615 bits per heavy atom. The van der Waals surface area contributed by atoms with E-state index in [1.165, 1.54) is 38.6 Å². The number of fused-ring (bicyclic) bond motifs is 1. The van der Waals surface area contributed by atoms with E-state index in [9.17, 15) is 0 Å². The topological polar surface area (TPSA) is 0 Å². The smallest absolute Gasteiger partial charge is 0.00804 e. The third kappa shape index (κ3) is 3.15. The van der Waals surface area contributed by atoms with E-state index in [-0.39, 0.29) is 0 Å². The second kappa shape index (κ2) is 7.58. The molecule has 0 aromatic heterocycles. The Balaban J connectivity index is 1.95. The highest BCUT2D eigenvalue weighted by Crippen LogP contribution is 2.37. The Hall–Kier alpha value is -2.86. The summed E-state index contributed by atoms with van der Waals surface area (Å²) >= 11 is 0. The molecule has 0 heteroatoms. The molecule has 0 N–H and O–H groups in total. The van der Waals surface area contributed by atoms with Gasteiger partial charge in [-0.2, -0.15) is 0 Å². The van der Waals surface area contributed by atoms with E-state index in [1.54, 1.807) is 0 Å². The average molecular weight is 335 g/mol. The fraction of sp³-hybridized carbons (Fsp3) is 0.115. The monoisotopic (exact) mass is 335 g/mol. The predicted octanol–water partition coefficient (Wildman–Crippen LogP) is 7.53. The molecular weight excluding hydrogens is 312 g/mol. The van der Waals surface area contributed by atoms with E-state index in [0.717, 1.165) is 12.8 Å². The first-order valence-corrected chi connectivity index (χ1v) is 9.38. The van der Waals surface area contributed by atoms with Gasteiger partial charge in [0.2, 0.25) is 0 Å². The van der Waals surface area contributed by atoms with Crippen LogP contribution in [0.5, 0.6) is 0 Å². The Kier molecular flexibility index (Phi) is 4.84. The summed E-state index contributed by atoms with van der Waals surface area (Å²) < 4.78 is 0. The lowest BCUT2D eigenvalue weighted by molar-refractivity contribution is 0.916. The van der Waals surface area contributed by atoms with E-state index >= 15 is 0 Å². The summed E-state index contributed by atoms with van der Waals surface area (Å²) in [6.07, 6.45) is 4.65. The van der Waals surface area contributed by atoms with Gasteiger partial charge >= 0.3 is 0 Å². The van der Waals surface area contributed by atoms with Crippen LogP contribution in [-0.4, -0.2) is 0 Å². The van der Waals surface area contributed by atoms with Crippen LogP contribution in [-0.2, 0) is 0 Å². The minimum Gasteiger partial charge on any atom is -0.0654 e. The van der Waals surface area contributed by atoms with Gasteiger partial charge in [0.15, 0.2) is 0 Å². The maximum Gasteiger partial charge on any atom is -0.00804 e. The highest BCUT2D eigenvalue weighted by Gasteiger charge is 2.13. The van der Waals surface area contributed by atoms with Crippen LogP contribution in [0.2, 0.25) is 0 Å². The van der Waals surface area contributed by atoms with Gasteiger partial charge in [0.05, 0.1) is 0 Å². The minimum atomic E-state index is 1.09. The Bertz CT molecular complexity index is 1010. The molecule has 0 nitrogen and oxygen atoms in total. The second-order valence-electron chi connectivity index (χ2n) is 6.65. The van der Waals surface area contributed by atoms with Crippen molar-refractivity contribution in [1.82, 2.24) is 0 Å². The molecule has 0 fully saturated rings. The van der Waals surface area contributed by atoms with Gasteiger partial charge in [-0.1, -0.05) is 104 Å². The van der Waals surface area contributed by atoms with Crippen LogP contribution >= 0.6 is 0 Å². The maximum atomic E-state index is 2.40. The molecule has 0 aliphatic heterocycles. The molecule has 4 aromatic rings. The van der Waals surface area contributed by atoms with Gasteiger partial charge in [0, 0.05) is 0 Å². The molecule has 4 rings (SSSR count). The van der Waals surface area contributed by atoms with Crippen molar-refractivity contribution < 1.29 is 0 Å². The van der Waals surface area contributed by atoms with E-state index in [0.29, 0.717) is 0 Å². The van der Waals surface area contributed by atoms with Crippen LogP contribution in [0.1, 0.15) is 25.3 Å². The number of benzene rings is 4. The van der Waals surface area contributed by atoms with E-state index in [2.05, 4.69) is 104 Å². The summed E-state index contributed by atoms with van der Waals surface area (Å²) in [4.78, 5) is 0. The van der Waals surface area contributed by atoms with Crippen LogP contribution < -0.4 is 0 Å². The van der Waals surface area contributed by atoms with Crippen molar-refractivity contribution in [2.24, 2.45) is 0 Å². The molecule has 0 amide bonds. The van der Waals surface area contributed by atoms with Gasteiger partial charge in [-0.15, -0.1) is 0 Å². The Morgan fingerprint density at radius 3 is 2.12 bits per heavy atom. The first-order valence-electron chi connectivity index (χ1n) is 9.38. The van der Waals surface area contributed by atoms with Gasteiger partial charge in [-0.3, -0.25) is 0 Å².